The zero-order chi connectivity index (χ0) is 19.4. The van der Waals surface area contributed by atoms with Gasteiger partial charge < -0.3 is 10.2 Å². The van der Waals surface area contributed by atoms with Crippen LogP contribution >= 0.6 is 11.6 Å². The van der Waals surface area contributed by atoms with E-state index in [1.54, 1.807) is 17.0 Å². The van der Waals surface area contributed by atoms with Crippen molar-refractivity contribution in [3.8, 4) is 0 Å². The van der Waals surface area contributed by atoms with Crippen molar-refractivity contribution < 1.29 is 4.79 Å². The number of carbonyl (C=O) groups is 1. The number of nitrogens with one attached hydrogen (secondary N) is 1. The van der Waals surface area contributed by atoms with Crippen LogP contribution in [0, 0.1) is 13.8 Å². The fourth-order valence-electron chi connectivity index (χ4n) is 2.81. The van der Waals surface area contributed by atoms with Crippen molar-refractivity contribution >= 4 is 34.8 Å². The summed E-state index contributed by atoms with van der Waals surface area (Å²) in [4.78, 5) is 23.6. The van der Waals surface area contributed by atoms with Crippen LogP contribution in [0.25, 0.3) is 0 Å². The summed E-state index contributed by atoms with van der Waals surface area (Å²) in [7, 11) is 0. The van der Waals surface area contributed by atoms with Crippen molar-refractivity contribution in [1.82, 2.24) is 9.97 Å². The van der Waals surface area contributed by atoms with Crippen LogP contribution in [0.3, 0.4) is 0 Å². The number of hydrogen-bond acceptors (Lipinski definition) is 4. The average molecular weight is 381 g/mol. The summed E-state index contributed by atoms with van der Waals surface area (Å²) in [6, 6.07) is 16.8. The molecule has 0 radical (unpaired) electrons. The number of halogens is 1. The number of carbonyl (C=O) groups excluding carboxylic acids is 1. The first-order valence-corrected chi connectivity index (χ1v) is 9.11. The normalized spacial score (nSPS) is 10.5. The smallest absolute Gasteiger partial charge is 0.277 e. The van der Waals surface area contributed by atoms with Crippen molar-refractivity contribution in [3.63, 3.8) is 0 Å². The number of nitrogens with zero attached hydrogens (tertiary/aromatic N) is 3. The van der Waals surface area contributed by atoms with Crippen LogP contribution in [-0.2, 0) is 0 Å². The molecule has 0 spiro atoms. The quantitative estimate of drug-likeness (QED) is 0.664. The zero-order valence-corrected chi connectivity index (χ0v) is 16.3. The zero-order valence-electron chi connectivity index (χ0n) is 15.5. The van der Waals surface area contributed by atoms with Crippen LogP contribution in [-0.4, -0.2) is 22.4 Å². The summed E-state index contributed by atoms with van der Waals surface area (Å²) in [5.41, 5.74) is 3.72. The van der Waals surface area contributed by atoms with Gasteiger partial charge in [-0.1, -0.05) is 29.8 Å². The Balaban J connectivity index is 1.91. The Bertz CT molecular complexity index is 960. The number of benzene rings is 2. The lowest BCUT2D eigenvalue weighted by Gasteiger charge is -2.21. The Morgan fingerprint density at radius 3 is 2.48 bits per heavy atom. The summed E-state index contributed by atoms with van der Waals surface area (Å²) in [6.07, 6.45) is 0. The Morgan fingerprint density at radius 2 is 1.81 bits per heavy atom. The van der Waals surface area contributed by atoms with Crippen LogP contribution < -0.4 is 10.2 Å². The van der Waals surface area contributed by atoms with Gasteiger partial charge in [-0.3, -0.25) is 4.79 Å². The SMILES string of the molecule is CCN(C(=O)c1cc(C)nc(Nc2ccc(Cl)cc2C)n1)c1ccccc1. The number of aromatic nitrogens is 2. The predicted molar refractivity (Wildman–Crippen MR) is 110 cm³/mol. The van der Waals surface area contributed by atoms with Crippen LogP contribution in [0.5, 0.6) is 0 Å². The van der Waals surface area contributed by atoms with Crippen molar-refractivity contribution in [1.29, 1.82) is 0 Å². The first kappa shape index (κ1) is 18.9. The molecule has 6 heteroatoms. The molecule has 0 aliphatic rings. The molecule has 1 aromatic heterocycles. The van der Waals surface area contributed by atoms with Crippen LogP contribution in [0.15, 0.2) is 54.6 Å². The number of aryl methyl sites for hydroxylation is 2. The lowest BCUT2D eigenvalue weighted by molar-refractivity contribution is 0.0983. The molecule has 0 unspecified atom stereocenters. The molecule has 0 aliphatic carbocycles. The molecule has 5 nitrogen and oxygen atoms in total. The molecule has 0 aliphatic heterocycles. The molecule has 0 saturated heterocycles. The second-order valence-electron chi connectivity index (χ2n) is 6.19. The van der Waals surface area contributed by atoms with E-state index in [1.165, 1.54) is 0 Å². The fraction of sp³-hybridized carbons (Fsp3) is 0.190. The second kappa shape index (κ2) is 8.18. The summed E-state index contributed by atoms with van der Waals surface area (Å²) in [6.45, 7) is 6.28. The molecule has 3 aromatic rings. The third kappa shape index (κ3) is 4.44. The van der Waals surface area contributed by atoms with E-state index in [4.69, 9.17) is 11.6 Å². The molecule has 0 saturated carbocycles. The van der Waals surface area contributed by atoms with Crippen LogP contribution in [0.4, 0.5) is 17.3 Å². The first-order chi connectivity index (χ1) is 13.0. The summed E-state index contributed by atoms with van der Waals surface area (Å²) >= 11 is 6.01. The monoisotopic (exact) mass is 380 g/mol. The van der Waals surface area contributed by atoms with Crippen molar-refractivity contribution in [2.45, 2.75) is 20.8 Å². The van der Waals surface area contributed by atoms with Crippen molar-refractivity contribution in [3.05, 3.63) is 76.6 Å². The van der Waals surface area contributed by atoms with Crippen molar-refractivity contribution in [2.24, 2.45) is 0 Å². The van der Waals surface area contributed by atoms with Gasteiger partial charge in [0.25, 0.3) is 5.91 Å². The van der Waals surface area contributed by atoms with Gasteiger partial charge in [-0.05, 0) is 62.7 Å². The Morgan fingerprint density at radius 1 is 1.07 bits per heavy atom. The maximum Gasteiger partial charge on any atom is 0.277 e. The molecule has 0 fully saturated rings. The number of rotatable bonds is 5. The Labute approximate surface area is 164 Å². The van der Waals surface area contributed by atoms with Gasteiger partial charge in [0.15, 0.2) is 0 Å². The highest BCUT2D eigenvalue weighted by atomic mass is 35.5. The third-order valence-corrected chi connectivity index (χ3v) is 4.37. The molecule has 2 aromatic carbocycles. The van der Waals surface area contributed by atoms with Gasteiger partial charge in [-0.15, -0.1) is 0 Å². The first-order valence-electron chi connectivity index (χ1n) is 8.73. The second-order valence-corrected chi connectivity index (χ2v) is 6.62. The minimum atomic E-state index is -0.162. The lowest BCUT2D eigenvalue weighted by atomic mass is 10.2. The van der Waals surface area contributed by atoms with Crippen molar-refractivity contribution in [2.75, 3.05) is 16.8 Å². The van der Waals surface area contributed by atoms with Gasteiger partial charge in [-0.2, -0.15) is 0 Å². The molecule has 0 atom stereocenters. The van der Waals surface area contributed by atoms with E-state index in [-0.39, 0.29) is 5.91 Å². The van der Waals surface area contributed by atoms with E-state index in [9.17, 15) is 4.79 Å². The van der Waals surface area contributed by atoms with E-state index in [1.807, 2.05) is 63.2 Å². The number of amides is 1. The van der Waals surface area contributed by atoms with Gasteiger partial charge in [0.2, 0.25) is 5.95 Å². The summed E-state index contributed by atoms with van der Waals surface area (Å²) in [5.74, 6) is 0.220. The highest BCUT2D eigenvalue weighted by molar-refractivity contribution is 6.30. The largest absolute Gasteiger partial charge is 0.324 e. The van der Waals surface area contributed by atoms with Gasteiger partial charge in [0.1, 0.15) is 5.69 Å². The minimum absolute atomic E-state index is 0.162. The number of para-hydroxylation sites is 1. The Kier molecular flexibility index (Phi) is 5.72. The molecule has 27 heavy (non-hydrogen) atoms. The summed E-state index contributed by atoms with van der Waals surface area (Å²) < 4.78 is 0. The summed E-state index contributed by atoms with van der Waals surface area (Å²) in [5, 5.41) is 3.85. The predicted octanol–water partition coefficient (Wildman–Crippen LogP) is 5.16. The number of hydrogen-bond donors (Lipinski definition) is 1. The highest BCUT2D eigenvalue weighted by Crippen LogP contribution is 2.23. The fourth-order valence-corrected chi connectivity index (χ4v) is 3.04. The van der Waals surface area contributed by atoms with Crippen LogP contribution in [0.1, 0.15) is 28.7 Å². The van der Waals surface area contributed by atoms with E-state index in [2.05, 4.69) is 15.3 Å². The molecule has 138 valence electrons. The van der Waals surface area contributed by atoms with E-state index in [0.29, 0.717) is 28.9 Å². The standard InChI is InChI=1S/C21H21ClN4O/c1-4-26(17-8-6-5-7-9-17)20(27)19-13-15(3)23-21(25-19)24-18-11-10-16(22)12-14(18)2/h5-13H,4H2,1-3H3,(H,23,24,25). The number of anilines is 3. The van der Waals surface area contributed by atoms with Gasteiger partial charge in [-0.25, -0.2) is 9.97 Å². The molecule has 1 amide bonds. The molecular weight excluding hydrogens is 360 g/mol. The molecule has 3 rings (SSSR count). The molecule has 1 N–H and O–H groups in total. The lowest BCUT2D eigenvalue weighted by Crippen LogP contribution is -2.31. The van der Waals surface area contributed by atoms with Gasteiger partial charge >= 0.3 is 0 Å². The highest BCUT2D eigenvalue weighted by Gasteiger charge is 2.19. The average Bonchev–Trinajstić information content (AvgIpc) is 2.65. The molecule has 0 bridgehead atoms. The van der Waals surface area contributed by atoms with E-state index >= 15 is 0 Å². The third-order valence-electron chi connectivity index (χ3n) is 4.14. The topological polar surface area (TPSA) is 58.1 Å². The van der Waals surface area contributed by atoms with Crippen LogP contribution in [0.2, 0.25) is 5.02 Å². The van der Waals surface area contributed by atoms with Gasteiger partial charge in [0, 0.05) is 28.6 Å². The Hall–Kier alpha value is -2.92. The van der Waals surface area contributed by atoms with Gasteiger partial charge in [0.05, 0.1) is 0 Å². The van der Waals surface area contributed by atoms with E-state index < -0.39 is 0 Å². The maximum atomic E-state index is 13.0. The molecular formula is C21H21ClN4O. The van der Waals surface area contributed by atoms with E-state index in [0.717, 1.165) is 16.9 Å². The minimum Gasteiger partial charge on any atom is -0.324 e. The maximum absolute atomic E-state index is 13.0. The molecule has 1 heterocycles.